The van der Waals surface area contributed by atoms with E-state index in [0.29, 0.717) is 28.7 Å². The van der Waals surface area contributed by atoms with Crippen LogP contribution in [0.1, 0.15) is 5.01 Å². The van der Waals surface area contributed by atoms with E-state index in [1.54, 1.807) is 11.0 Å². The van der Waals surface area contributed by atoms with Gasteiger partial charge in [0.15, 0.2) is 0 Å². The maximum absolute atomic E-state index is 10.1. The molecule has 2 heterocycles. The van der Waals surface area contributed by atoms with E-state index in [-0.39, 0.29) is 11.6 Å². The molecule has 2 N–H and O–H groups in total. The Bertz CT molecular complexity index is 781. The third-order valence-corrected chi connectivity index (χ3v) is 4.47. The van der Waals surface area contributed by atoms with Crippen LogP contribution in [0.25, 0.3) is 16.8 Å². The smallest absolute Gasteiger partial charge is 0.135 e. The summed E-state index contributed by atoms with van der Waals surface area (Å²) in [6.45, 7) is 4.52. The summed E-state index contributed by atoms with van der Waals surface area (Å²) in [4.78, 5) is 6.30. The van der Waals surface area contributed by atoms with Crippen LogP contribution in [0.15, 0.2) is 48.1 Å². The molecule has 0 fully saturated rings. The first kappa shape index (κ1) is 14.8. The third kappa shape index (κ3) is 2.65. The number of aromatic nitrogens is 1. The monoisotopic (exact) mass is 331 g/mol. The Morgan fingerprint density at radius 2 is 2.32 bits per heavy atom. The molecule has 1 aliphatic heterocycles. The molecule has 1 aromatic heterocycles. The fraction of sp³-hybridized carbons (Fsp3) is 0.125. The predicted molar refractivity (Wildman–Crippen MR) is 91.6 cm³/mol. The van der Waals surface area contributed by atoms with Crippen molar-refractivity contribution < 1.29 is 5.11 Å². The van der Waals surface area contributed by atoms with Gasteiger partial charge in [0, 0.05) is 22.5 Å². The van der Waals surface area contributed by atoms with Crippen LogP contribution in [0.5, 0.6) is 0 Å². The lowest BCUT2D eigenvalue weighted by Gasteiger charge is -2.15. The van der Waals surface area contributed by atoms with Crippen molar-refractivity contribution in [1.82, 2.24) is 9.88 Å². The minimum absolute atomic E-state index is 0.179. The zero-order valence-corrected chi connectivity index (χ0v) is 13.3. The first-order valence-corrected chi connectivity index (χ1v) is 7.94. The largest absolute Gasteiger partial charge is 0.510 e. The Morgan fingerprint density at radius 1 is 1.50 bits per heavy atom. The highest BCUT2D eigenvalue weighted by Gasteiger charge is 2.29. The Labute approximate surface area is 137 Å². The highest BCUT2D eigenvalue weighted by atomic mass is 35.5. The average Bonchev–Trinajstić information content (AvgIpc) is 3.05. The summed E-state index contributed by atoms with van der Waals surface area (Å²) in [6, 6.07) is 7.46. The lowest BCUT2D eigenvalue weighted by molar-refractivity contribution is 0.362. The number of hydrogen-bond acceptors (Lipinski definition) is 4. The quantitative estimate of drug-likeness (QED) is 0.825. The van der Waals surface area contributed by atoms with Crippen molar-refractivity contribution in [1.29, 1.82) is 5.41 Å². The van der Waals surface area contributed by atoms with Gasteiger partial charge >= 0.3 is 0 Å². The minimum atomic E-state index is 0.179. The Morgan fingerprint density at radius 3 is 3.05 bits per heavy atom. The molecule has 0 saturated heterocycles. The van der Waals surface area contributed by atoms with Gasteiger partial charge in [-0.2, -0.15) is 0 Å². The first-order valence-electron chi connectivity index (χ1n) is 6.69. The predicted octanol–water partition coefficient (Wildman–Crippen LogP) is 4.21. The van der Waals surface area contributed by atoms with E-state index < -0.39 is 0 Å². The van der Waals surface area contributed by atoms with Crippen molar-refractivity contribution in [3.8, 4) is 11.3 Å². The number of amidine groups is 1. The number of nitrogens with zero attached hydrogens (tertiary/aromatic N) is 2. The van der Waals surface area contributed by atoms with Gasteiger partial charge in [-0.15, -0.1) is 17.9 Å². The number of benzene rings is 1. The number of aliphatic hydroxyl groups is 1. The van der Waals surface area contributed by atoms with Gasteiger partial charge in [-0.25, -0.2) is 4.98 Å². The van der Waals surface area contributed by atoms with Crippen LogP contribution in [0.2, 0.25) is 5.02 Å². The SMILES string of the molecule is C=CCN1CC(O)=C(c2nc(-c3cccc(Cl)c3)cs2)C1=N. The number of halogens is 1. The van der Waals surface area contributed by atoms with Crippen LogP contribution in [0.4, 0.5) is 0 Å². The van der Waals surface area contributed by atoms with Crippen LogP contribution in [0, 0.1) is 5.41 Å². The zero-order chi connectivity index (χ0) is 15.7. The summed E-state index contributed by atoms with van der Waals surface area (Å²) in [7, 11) is 0. The van der Waals surface area contributed by atoms with Gasteiger partial charge in [-0.1, -0.05) is 29.8 Å². The van der Waals surface area contributed by atoms with Crippen molar-refractivity contribution in [3.05, 3.63) is 58.1 Å². The number of nitrogens with one attached hydrogen (secondary N) is 1. The fourth-order valence-electron chi connectivity index (χ4n) is 2.34. The maximum Gasteiger partial charge on any atom is 0.135 e. The second-order valence-electron chi connectivity index (χ2n) is 4.89. The van der Waals surface area contributed by atoms with Crippen LogP contribution in [-0.2, 0) is 0 Å². The molecule has 2 aromatic rings. The summed E-state index contributed by atoms with van der Waals surface area (Å²) in [5.41, 5.74) is 2.21. The number of hydrogen-bond donors (Lipinski definition) is 2. The van der Waals surface area contributed by atoms with Crippen LogP contribution in [0.3, 0.4) is 0 Å². The molecule has 0 bridgehead atoms. The van der Waals surface area contributed by atoms with Gasteiger partial charge in [0.25, 0.3) is 0 Å². The molecule has 0 aliphatic carbocycles. The maximum atomic E-state index is 10.1. The summed E-state index contributed by atoms with van der Waals surface area (Å²) in [6.07, 6.45) is 1.71. The Balaban J connectivity index is 1.93. The molecule has 0 amide bonds. The molecule has 112 valence electrons. The molecule has 0 radical (unpaired) electrons. The highest BCUT2D eigenvalue weighted by molar-refractivity contribution is 7.11. The Kier molecular flexibility index (Phi) is 4.00. The molecule has 6 heteroatoms. The summed E-state index contributed by atoms with van der Waals surface area (Å²) < 4.78 is 0. The van der Waals surface area contributed by atoms with Crippen LogP contribution >= 0.6 is 22.9 Å². The van der Waals surface area contributed by atoms with Gasteiger partial charge in [0.1, 0.15) is 16.6 Å². The standard InChI is InChI=1S/C16H14ClN3OS/c1-2-6-20-8-13(21)14(15(20)18)16-19-12(9-22-16)10-4-3-5-11(17)7-10/h2-5,7,9,18,21H,1,6,8H2. The lowest BCUT2D eigenvalue weighted by Crippen LogP contribution is -2.26. The van der Waals surface area contributed by atoms with E-state index in [1.165, 1.54) is 11.3 Å². The van der Waals surface area contributed by atoms with Crippen molar-refractivity contribution in [3.63, 3.8) is 0 Å². The highest BCUT2D eigenvalue weighted by Crippen LogP contribution is 2.32. The third-order valence-electron chi connectivity index (χ3n) is 3.37. The molecule has 0 saturated carbocycles. The van der Waals surface area contributed by atoms with Crippen LogP contribution in [-0.4, -0.2) is 33.9 Å². The Hall–Kier alpha value is -2.11. The van der Waals surface area contributed by atoms with Crippen LogP contribution < -0.4 is 0 Å². The molecule has 0 unspecified atom stereocenters. The van der Waals surface area contributed by atoms with E-state index in [9.17, 15) is 5.11 Å². The average molecular weight is 332 g/mol. The summed E-state index contributed by atoms with van der Waals surface area (Å²) >= 11 is 7.41. The van der Waals surface area contributed by atoms with Crippen molar-refractivity contribution in [2.24, 2.45) is 0 Å². The van der Waals surface area contributed by atoms with E-state index >= 15 is 0 Å². The second-order valence-corrected chi connectivity index (χ2v) is 6.18. The van der Waals surface area contributed by atoms with Gasteiger partial charge in [-0.05, 0) is 12.1 Å². The topological polar surface area (TPSA) is 60.2 Å². The zero-order valence-electron chi connectivity index (χ0n) is 11.7. The van der Waals surface area contributed by atoms with Gasteiger partial charge in [0.05, 0.1) is 17.8 Å². The minimum Gasteiger partial charge on any atom is -0.510 e. The molecular formula is C16H14ClN3OS. The first-order chi connectivity index (χ1) is 10.6. The molecule has 22 heavy (non-hydrogen) atoms. The van der Waals surface area contributed by atoms with E-state index in [2.05, 4.69) is 11.6 Å². The lowest BCUT2D eigenvalue weighted by atomic mass is 10.2. The number of aliphatic hydroxyl groups excluding tert-OH is 1. The molecule has 0 atom stereocenters. The van der Waals surface area contributed by atoms with Gasteiger partial charge in [-0.3, -0.25) is 5.41 Å². The van der Waals surface area contributed by atoms with E-state index in [1.807, 2.05) is 29.6 Å². The molecular weight excluding hydrogens is 318 g/mol. The molecule has 3 rings (SSSR count). The normalized spacial score (nSPS) is 14.8. The summed E-state index contributed by atoms with van der Waals surface area (Å²) in [5, 5.41) is 21.5. The van der Waals surface area contributed by atoms with E-state index in [4.69, 9.17) is 17.0 Å². The molecule has 4 nitrogen and oxygen atoms in total. The number of thiazole rings is 1. The van der Waals surface area contributed by atoms with Crippen molar-refractivity contribution in [2.45, 2.75) is 0 Å². The molecule has 0 spiro atoms. The second kappa shape index (κ2) is 5.94. The van der Waals surface area contributed by atoms with Crippen molar-refractivity contribution >= 4 is 34.3 Å². The summed E-state index contributed by atoms with van der Waals surface area (Å²) in [5.74, 6) is 0.461. The van der Waals surface area contributed by atoms with E-state index in [0.717, 1.165) is 11.3 Å². The molecule has 1 aromatic carbocycles. The number of rotatable bonds is 4. The fourth-order valence-corrected chi connectivity index (χ4v) is 3.42. The van der Waals surface area contributed by atoms with Gasteiger partial charge in [0.2, 0.25) is 0 Å². The molecule has 1 aliphatic rings. The van der Waals surface area contributed by atoms with Crippen molar-refractivity contribution in [2.75, 3.05) is 13.1 Å². The van der Waals surface area contributed by atoms with Gasteiger partial charge < -0.3 is 10.0 Å².